The highest BCUT2D eigenvalue weighted by Crippen LogP contribution is 2.40. The first-order valence-corrected chi connectivity index (χ1v) is 4.40. The van der Waals surface area contributed by atoms with Crippen molar-refractivity contribution in [2.45, 2.75) is 45.1 Å². The number of rotatable bonds is 1. The second-order valence-corrected chi connectivity index (χ2v) is 4.62. The maximum Gasteiger partial charge on any atom is 0.0774 e. The third-order valence-corrected chi connectivity index (χ3v) is 2.68. The Morgan fingerprint density at radius 2 is 2.00 bits per heavy atom. The van der Waals surface area contributed by atoms with Gasteiger partial charge >= 0.3 is 0 Å². The van der Waals surface area contributed by atoms with Crippen LogP contribution in [0.3, 0.4) is 0 Å². The molecule has 0 spiro atoms. The molecule has 0 aromatic carbocycles. The zero-order valence-electron chi connectivity index (χ0n) is 7.56. The maximum atomic E-state index is 9.89. The molecule has 0 radical (unpaired) electrons. The maximum absolute atomic E-state index is 9.89. The van der Waals surface area contributed by atoms with Crippen LogP contribution in [0.4, 0.5) is 0 Å². The van der Waals surface area contributed by atoms with Gasteiger partial charge in [-0.25, -0.2) is 0 Å². The van der Waals surface area contributed by atoms with E-state index in [1.807, 2.05) is 0 Å². The van der Waals surface area contributed by atoms with Gasteiger partial charge in [-0.1, -0.05) is 20.3 Å². The molecule has 1 fully saturated rings. The van der Waals surface area contributed by atoms with Crippen molar-refractivity contribution in [2.75, 3.05) is 6.54 Å². The third-order valence-electron chi connectivity index (χ3n) is 2.68. The summed E-state index contributed by atoms with van der Waals surface area (Å²) in [5, 5.41) is 9.89. The topological polar surface area (TPSA) is 46.2 Å². The lowest BCUT2D eigenvalue weighted by molar-refractivity contribution is -0.0310. The lowest BCUT2D eigenvalue weighted by Crippen LogP contribution is -2.44. The van der Waals surface area contributed by atoms with Gasteiger partial charge in [0.2, 0.25) is 0 Å². The van der Waals surface area contributed by atoms with Gasteiger partial charge in [-0.15, -0.1) is 0 Å². The molecular formula is C9H19NO. The van der Waals surface area contributed by atoms with Gasteiger partial charge in [0, 0.05) is 6.54 Å². The van der Waals surface area contributed by atoms with E-state index in [9.17, 15) is 5.11 Å². The van der Waals surface area contributed by atoms with Gasteiger partial charge in [0.15, 0.2) is 0 Å². The summed E-state index contributed by atoms with van der Waals surface area (Å²) in [4.78, 5) is 0. The van der Waals surface area contributed by atoms with Crippen LogP contribution >= 0.6 is 0 Å². The normalized spacial score (nSPS) is 37.1. The molecule has 0 bridgehead atoms. The number of hydrogen-bond acceptors (Lipinski definition) is 2. The summed E-state index contributed by atoms with van der Waals surface area (Å²) >= 11 is 0. The van der Waals surface area contributed by atoms with Crippen LogP contribution in [0.2, 0.25) is 0 Å². The number of hydrogen-bond donors (Lipinski definition) is 2. The Kier molecular flexibility index (Phi) is 2.26. The van der Waals surface area contributed by atoms with Crippen molar-refractivity contribution in [3.8, 4) is 0 Å². The van der Waals surface area contributed by atoms with E-state index in [1.165, 1.54) is 6.42 Å². The minimum absolute atomic E-state index is 0.284. The largest absolute Gasteiger partial charge is 0.389 e. The molecule has 1 unspecified atom stereocenters. The Morgan fingerprint density at radius 1 is 1.36 bits per heavy atom. The Balaban J connectivity index is 2.59. The third kappa shape index (κ3) is 2.17. The van der Waals surface area contributed by atoms with Crippen LogP contribution in [0, 0.1) is 5.41 Å². The fourth-order valence-electron chi connectivity index (χ4n) is 2.14. The first kappa shape index (κ1) is 9.01. The Morgan fingerprint density at radius 3 is 2.36 bits per heavy atom. The zero-order valence-corrected chi connectivity index (χ0v) is 7.56. The lowest BCUT2D eigenvalue weighted by Gasteiger charge is -2.40. The molecule has 66 valence electrons. The number of aliphatic hydroxyl groups is 1. The van der Waals surface area contributed by atoms with E-state index in [0.717, 1.165) is 19.3 Å². The van der Waals surface area contributed by atoms with Crippen molar-refractivity contribution in [1.29, 1.82) is 0 Å². The van der Waals surface area contributed by atoms with Gasteiger partial charge in [-0.2, -0.15) is 0 Å². The lowest BCUT2D eigenvalue weighted by atomic mass is 9.70. The summed E-state index contributed by atoms with van der Waals surface area (Å²) in [7, 11) is 0. The van der Waals surface area contributed by atoms with Crippen molar-refractivity contribution in [3.63, 3.8) is 0 Å². The zero-order chi connectivity index (χ0) is 8.54. The summed E-state index contributed by atoms with van der Waals surface area (Å²) in [5.74, 6) is 0. The van der Waals surface area contributed by atoms with Crippen molar-refractivity contribution in [1.82, 2.24) is 0 Å². The highest BCUT2D eigenvalue weighted by atomic mass is 16.3. The van der Waals surface area contributed by atoms with Crippen molar-refractivity contribution < 1.29 is 5.11 Å². The van der Waals surface area contributed by atoms with Crippen molar-refractivity contribution >= 4 is 0 Å². The predicted molar refractivity (Wildman–Crippen MR) is 46.3 cm³/mol. The minimum atomic E-state index is -0.568. The van der Waals surface area contributed by atoms with E-state index < -0.39 is 5.60 Å². The van der Waals surface area contributed by atoms with Crippen molar-refractivity contribution in [2.24, 2.45) is 11.1 Å². The van der Waals surface area contributed by atoms with E-state index in [2.05, 4.69) is 13.8 Å². The molecule has 1 saturated carbocycles. The summed E-state index contributed by atoms with van der Waals surface area (Å²) in [6.45, 7) is 4.82. The SMILES string of the molecule is CC1(C)CCCC(O)(CN)C1. The summed E-state index contributed by atoms with van der Waals surface area (Å²) in [6.07, 6.45) is 4.07. The molecule has 1 aliphatic rings. The molecule has 1 aliphatic carbocycles. The van der Waals surface area contributed by atoms with Crippen LogP contribution in [-0.4, -0.2) is 17.3 Å². The van der Waals surface area contributed by atoms with Crippen LogP contribution in [0.15, 0.2) is 0 Å². The summed E-state index contributed by atoms with van der Waals surface area (Å²) < 4.78 is 0. The highest BCUT2D eigenvalue weighted by molar-refractivity contribution is 4.90. The Labute approximate surface area is 68.8 Å². The molecule has 0 aromatic heterocycles. The van der Waals surface area contributed by atoms with E-state index in [0.29, 0.717) is 6.54 Å². The fourth-order valence-corrected chi connectivity index (χ4v) is 2.14. The molecule has 0 heterocycles. The second kappa shape index (κ2) is 2.76. The first-order valence-electron chi connectivity index (χ1n) is 4.40. The Bertz CT molecular complexity index is 144. The van der Waals surface area contributed by atoms with Crippen LogP contribution in [0.5, 0.6) is 0 Å². The van der Waals surface area contributed by atoms with E-state index in [1.54, 1.807) is 0 Å². The molecule has 11 heavy (non-hydrogen) atoms. The van der Waals surface area contributed by atoms with E-state index in [4.69, 9.17) is 5.73 Å². The average molecular weight is 157 g/mol. The fraction of sp³-hybridized carbons (Fsp3) is 1.00. The highest BCUT2D eigenvalue weighted by Gasteiger charge is 2.37. The standard InChI is InChI=1S/C9H19NO/c1-8(2)4-3-5-9(11,6-8)7-10/h11H,3-7,10H2,1-2H3. The quantitative estimate of drug-likeness (QED) is 0.602. The van der Waals surface area contributed by atoms with Gasteiger partial charge in [0.05, 0.1) is 5.60 Å². The molecule has 0 aromatic rings. The van der Waals surface area contributed by atoms with Crippen LogP contribution in [0.1, 0.15) is 39.5 Å². The van der Waals surface area contributed by atoms with Gasteiger partial charge in [-0.05, 0) is 24.7 Å². The molecule has 2 nitrogen and oxygen atoms in total. The molecule has 1 rings (SSSR count). The average Bonchev–Trinajstić information content (AvgIpc) is 1.85. The minimum Gasteiger partial charge on any atom is -0.389 e. The number of nitrogens with two attached hydrogens (primary N) is 1. The smallest absolute Gasteiger partial charge is 0.0774 e. The van der Waals surface area contributed by atoms with E-state index in [-0.39, 0.29) is 5.41 Å². The molecular weight excluding hydrogens is 138 g/mol. The molecule has 3 N–H and O–H groups in total. The molecule has 0 amide bonds. The van der Waals surface area contributed by atoms with Gasteiger partial charge < -0.3 is 10.8 Å². The monoisotopic (exact) mass is 157 g/mol. The first-order chi connectivity index (χ1) is 4.97. The summed E-state index contributed by atoms with van der Waals surface area (Å²) in [5.41, 5.74) is 5.22. The van der Waals surface area contributed by atoms with Gasteiger partial charge in [0.1, 0.15) is 0 Å². The van der Waals surface area contributed by atoms with Gasteiger partial charge in [0.25, 0.3) is 0 Å². The van der Waals surface area contributed by atoms with Crippen LogP contribution < -0.4 is 5.73 Å². The molecule has 0 saturated heterocycles. The summed E-state index contributed by atoms with van der Waals surface area (Å²) in [6, 6.07) is 0. The molecule has 2 heteroatoms. The van der Waals surface area contributed by atoms with Crippen molar-refractivity contribution in [3.05, 3.63) is 0 Å². The van der Waals surface area contributed by atoms with Crippen LogP contribution in [0.25, 0.3) is 0 Å². The van der Waals surface area contributed by atoms with Crippen LogP contribution in [-0.2, 0) is 0 Å². The van der Waals surface area contributed by atoms with Gasteiger partial charge in [-0.3, -0.25) is 0 Å². The Hall–Kier alpha value is -0.0800. The second-order valence-electron chi connectivity index (χ2n) is 4.62. The predicted octanol–water partition coefficient (Wildman–Crippen LogP) is 1.28. The molecule has 0 aliphatic heterocycles. The van der Waals surface area contributed by atoms with E-state index >= 15 is 0 Å². The molecule has 1 atom stereocenters.